The number of piperazine rings is 1. The second-order valence-electron chi connectivity index (χ2n) is 9.10. The van der Waals surface area contributed by atoms with E-state index in [-0.39, 0.29) is 17.7 Å². The van der Waals surface area contributed by atoms with Crippen molar-refractivity contribution in [2.45, 2.75) is 44.8 Å². The normalized spacial score (nSPS) is 20.4. The summed E-state index contributed by atoms with van der Waals surface area (Å²) in [6, 6.07) is 5.40. The fourth-order valence-electron chi connectivity index (χ4n) is 4.63. The highest BCUT2D eigenvalue weighted by Gasteiger charge is 2.27. The van der Waals surface area contributed by atoms with Crippen molar-refractivity contribution in [1.29, 1.82) is 0 Å². The number of carbonyl (C=O) groups excluding carboxylic acids is 1. The molecule has 2 N–H and O–H groups in total. The van der Waals surface area contributed by atoms with Crippen molar-refractivity contribution in [3.8, 4) is 6.01 Å². The van der Waals surface area contributed by atoms with Crippen molar-refractivity contribution in [1.82, 2.24) is 19.9 Å². The summed E-state index contributed by atoms with van der Waals surface area (Å²) in [6.45, 7) is 5.87. The number of methoxy groups -OCH3 is 1. The van der Waals surface area contributed by atoms with Gasteiger partial charge in [0.05, 0.1) is 23.9 Å². The van der Waals surface area contributed by atoms with Crippen LogP contribution in [0.5, 0.6) is 6.01 Å². The minimum atomic E-state index is -0.893. The maximum Gasteiger partial charge on any atom is 0.316 e. The Bertz CT molecular complexity index is 1310. The van der Waals surface area contributed by atoms with Crippen LogP contribution < -0.4 is 25.8 Å². The lowest BCUT2D eigenvalue weighted by Crippen LogP contribution is -2.54. The number of carbonyl (C=O) groups is 1. The SMILES string of the molecule is COc1ncc2c(N3CC(C)NC(C)C3)ccc(C(=O)Nc3cc(F)c(=O)n(C4CC4)c3)c2n1. The third kappa shape index (κ3) is 4.21. The van der Waals surface area contributed by atoms with Gasteiger partial charge in [-0.1, -0.05) is 0 Å². The van der Waals surface area contributed by atoms with E-state index in [1.54, 1.807) is 12.3 Å². The Morgan fingerprint density at radius 2 is 1.97 bits per heavy atom. The zero-order chi connectivity index (χ0) is 24.0. The number of rotatable bonds is 5. The number of fused-ring (bicyclic) bond motifs is 1. The Morgan fingerprint density at radius 1 is 1.24 bits per heavy atom. The lowest BCUT2D eigenvalue weighted by molar-refractivity contribution is 0.102. The summed E-state index contributed by atoms with van der Waals surface area (Å²) in [5.74, 6) is -1.35. The van der Waals surface area contributed by atoms with Gasteiger partial charge in [-0.25, -0.2) is 9.37 Å². The molecule has 1 amide bonds. The van der Waals surface area contributed by atoms with Gasteiger partial charge in [0, 0.05) is 60.7 Å². The highest BCUT2D eigenvalue weighted by Crippen LogP contribution is 2.34. The molecule has 1 saturated carbocycles. The number of hydrogen-bond acceptors (Lipinski definition) is 7. The standard InChI is InChI=1S/C24H27FN6O3/c1-13-10-30(11-14(2)27-13)20-7-6-17(21-18(20)9-26-24(29-21)34-3)22(32)28-15-8-19(25)23(33)31(12-15)16-4-5-16/h6-9,12-14,16,27H,4-5,10-11H2,1-3H3,(H,28,32). The first-order chi connectivity index (χ1) is 16.3. The number of hydrogen-bond donors (Lipinski definition) is 2. The molecular formula is C24H27FN6O3. The van der Waals surface area contributed by atoms with E-state index in [1.807, 2.05) is 6.07 Å². The van der Waals surface area contributed by atoms with Crippen LogP contribution in [0.1, 0.15) is 43.1 Å². The van der Waals surface area contributed by atoms with Crippen molar-refractivity contribution < 1.29 is 13.9 Å². The maximum absolute atomic E-state index is 14.2. The number of pyridine rings is 1. The minimum absolute atomic E-state index is 0.0141. The van der Waals surface area contributed by atoms with E-state index < -0.39 is 17.3 Å². The first-order valence-corrected chi connectivity index (χ1v) is 11.4. The van der Waals surface area contributed by atoms with Gasteiger partial charge in [0.25, 0.3) is 11.5 Å². The summed E-state index contributed by atoms with van der Waals surface area (Å²) in [5, 5.41) is 6.97. The second-order valence-corrected chi connectivity index (χ2v) is 9.10. The molecule has 2 unspecified atom stereocenters. The molecule has 0 bridgehead atoms. The third-order valence-electron chi connectivity index (χ3n) is 6.23. The number of ether oxygens (including phenoxy) is 1. The Hall–Kier alpha value is -3.53. The molecule has 34 heavy (non-hydrogen) atoms. The topological polar surface area (TPSA) is 101 Å². The van der Waals surface area contributed by atoms with Gasteiger partial charge in [0.15, 0.2) is 5.82 Å². The average molecular weight is 467 g/mol. The zero-order valence-electron chi connectivity index (χ0n) is 19.3. The molecule has 3 aromatic rings. The maximum atomic E-state index is 14.2. The number of amides is 1. The highest BCUT2D eigenvalue weighted by atomic mass is 19.1. The van der Waals surface area contributed by atoms with Gasteiger partial charge in [-0.15, -0.1) is 0 Å². The van der Waals surface area contributed by atoms with Crippen molar-refractivity contribution >= 4 is 28.2 Å². The number of benzene rings is 1. The molecule has 5 rings (SSSR count). The van der Waals surface area contributed by atoms with Crippen LogP contribution in [0.15, 0.2) is 35.4 Å². The molecule has 1 aliphatic heterocycles. The van der Waals surface area contributed by atoms with Crippen molar-refractivity contribution in [3.05, 3.63) is 52.3 Å². The molecule has 1 aliphatic carbocycles. The second kappa shape index (κ2) is 8.68. The summed E-state index contributed by atoms with van der Waals surface area (Å²) < 4.78 is 20.8. The molecule has 1 aromatic carbocycles. The van der Waals surface area contributed by atoms with Crippen molar-refractivity contribution in [3.63, 3.8) is 0 Å². The van der Waals surface area contributed by atoms with Gasteiger partial charge in [0.2, 0.25) is 0 Å². The van der Waals surface area contributed by atoms with Gasteiger partial charge in [-0.05, 0) is 38.8 Å². The predicted octanol–water partition coefficient (Wildman–Crippen LogP) is 2.71. The summed E-state index contributed by atoms with van der Waals surface area (Å²) in [6.07, 6.45) is 4.81. The van der Waals surface area contributed by atoms with Crippen LogP contribution in [0.25, 0.3) is 10.9 Å². The summed E-state index contributed by atoms with van der Waals surface area (Å²) in [7, 11) is 1.47. The molecule has 9 nitrogen and oxygen atoms in total. The number of nitrogens with zero attached hydrogens (tertiary/aromatic N) is 4. The zero-order valence-corrected chi connectivity index (χ0v) is 19.3. The molecule has 0 spiro atoms. The Labute approximate surface area is 196 Å². The predicted molar refractivity (Wildman–Crippen MR) is 127 cm³/mol. The van der Waals surface area contributed by atoms with Gasteiger partial charge >= 0.3 is 6.01 Å². The third-order valence-corrected chi connectivity index (χ3v) is 6.23. The molecule has 178 valence electrons. The van der Waals surface area contributed by atoms with E-state index in [9.17, 15) is 14.0 Å². The minimum Gasteiger partial charge on any atom is -0.467 e. The lowest BCUT2D eigenvalue weighted by atomic mass is 10.0. The van der Waals surface area contributed by atoms with E-state index >= 15 is 0 Å². The smallest absolute Gasteiger partial charge is 0.316 e. The van der Waals surface area contributed by atoms with Crippen molar-refractivity contribution in [2.24, 2.45) is 0 Å². The molecule has 3 heterocycles. The van der Waals surface area contributed by atoms with Crippen LogP contribution in [0.3, 0.4) is 0 Å². The molecule has 0 radical (unpaired) electrons. The van der Waals surface area contributed by atoms with E-state index in [4.69, 9.17) is 4.74 Å². The lowest BCUT2D eigenvalue weighted by Gasteiger charge is -2.38. The number of nitrogens with one attached hydrogen (secondary N) is 2. The fourth-order valence-corrected chi connectivity index (χ4v) is 4.63. The summed E-state index contributed by atoms with van der Waals surface area (Å²) in [5.41, 5.74) is 1.23. The monoisotopic (exact) mass is 466 g/mol. The molecular weight excluding hydrogens is 439 g/mol. The number of aromatic nitrogens is 3. The van der Waals surface area contributed by atoms with E-state index in [0.717, 1.165) is 43.1 Å². The Morgan fingerprint density at radius 3 is 2.65 bits per heavy atom. The van der Waals surface area contributed by atoms with Crippen LogP contribution in [0.2, 0.25) is 0 Å². The fraction of sp³-hybridized carbons (Fsp3) is 0.417. The van der Waals surface area contributed by atoms with E-state index in [0.29, 0.717) is 23.2 Å². The van der Waals surface area contributed by atoms with Crippen LogP contribution >= 0.6 is 0 Å². The largest absolute Gasteiger partial charge is 0.467 e. The number of halogens is 1. The molecule has 2 aliphatic rings. The molecule has 2 fully saturated rings. The van der Waals surface area contributed by atoms with Gasteiger partial charge < -0.3 is 24.8 Å². The van der Waals surface area contributed by atoms with Crippen molar-refractivity contribution in [2.75, 3.05) is 30.4 Å². The van der Waals surface area contributed by atoms with Crippen LogP contribution in [0, 0.1) is 5.82 Å². The Kier molecular flexibility index (Phi) is 5.68. The molecule has 1 saturated heterocycles. The van der Waals surface area contributed by atoms with Gasteiger partial charge in [-0.3, -0.25) is 9.59 Å². The quantitative estimate of drug-likeness (QED) is 0.596. The number of anilines is 2. The van der Waals surface area contributed by atoms with Crippen LogP contribution in [0.4, 0.5) is 15.8 Å². The van der Waals surface area contributed by atoms with Gasteiger partial charge in [-0.2, -0.15) is 4.98 Å². The average Bonchev–Trinajstić information content (AvgIpc) is 3.64. The molecule has 2 aromatic heterocycles. The van der Waals surface area contributed by atoms with Crippen LogP contribution in [-0.2, 0) is 0 Å². The van der Waals surface area contributed by atoms with Gasteiger partial charge in [0.1, 0.15) is 0 Å². The van der Waals surface area contributed by atoms with E-state index in [1.165, 1.54) is 17.9 Å². The highest BCUT2D eigenvalue weighted by molar-refractivity contribution is 6.13. The van der Waals surface area contributed by atoms with E-state index in [2.05, 4.69) is 39.3 Å². The van der Waals surface area contributed by atoms with Crippen LogP contribution in [-0.4, -0.2) is 52.7 Å². The molecule has 10 heteroatoms. The molecule has 2 atom stereocenters. The Balaban J connectivity index is 1.53. The first kappa shape index (κ1) is 22.3. The first-order valence-electron chi connectivity index (χ1n) is 11.4. The summed E-state index contributed by atoms with van der Waals surface area (Å²) in [4.78, 5) is 36.3. The summed E-state index contributed by atoms with van der Waals surface area (Å²) >= 11 is 0.